The number of nitrogens with two attached hydrogens (primary N) is 3. The van der Waals surface area contributed by atoms with Crippen molar-refractivity contribution in [3.05, 3.63) is 71.5 Å². The molecule has 33 heavy (non-hydrogen) atoms. The predicted octanol–water partition coefficient (Wildman–Crippen LogP) is 2.28. The van der Waals surface area contributed by atoms with Crippen molar-refractivity contribution in [3.8, 4) is 34.6 Å². The molecular formula is C23H18FN3O5S. The Morgan fingerprint density at radius 1 is 1.03 bits per heavy atom. The van der Waals surface area contributed by atoms with E-state index in [4.69, 9.17) is 27.8 Å². The number of primary sulfonamides is 1. The van der Waals surface area contributed by atoms with Gasteiger partial charge < -0.3 is 16.2 Å². The van der Waals surface area contributed by atoms with Crippen LogP contribution in [0.25, 0.3) is 22.3 Å². The monoisotopic (exact) mass is 467 g/mol. The number of sulfonamides is 1. The summed E-state index contributed by atoms with van der Waals surface area (Å²) in [5.41, 5.74) is 10.3. The van der Waals surface area contributed by atoms with Crippen LogP contribution >= 0.6 is 0 Å². The maximum Gasteiger partial charge on any atom is 0.342 e. The molecule has 0 aromatic heterocycles. The van der Waals surface area contributed by atoms with E-state index in [-0.39, 0.29) is 22.4 Å². The zero-order chi connectivity index (χ0) is 24.3. The summed E-state index contributed by atoms with van der Waals surface area (Å²) in [6.45, 7) is -0.392. The molecule has 3 aromatic carbocycles. The van der Waals surface area contributed by atoms with Crippen LogP contribution in [0.3, 0.4) is 0 Å². The third kappa shape index (κ3) is 4.55. The normalized spacial score (nSPS) is 10.9. The summed E-state index contributed by atoms with van der Waals surface area (Å²) < 4.78 is 45.2. The maximum atomic E-state index is 15.4. The van der Waals surface area contributed by atoms with Gasteiger partial charge in [0.1, 0.15) is 10.7 Å². The van der Waals surface area contributed by atoms with Crippen LogP contribution in [0, 0.1) is 18.2 Å². The highest BCUT2D eigenvalue weighted by Gasteiger charge is 2.30. The largest absolute Gasteiger partial charge is 0.449 e. The molecule has 0 aliphatic carbocycles. The highest BCUT2D eigenvalue weighted by atomic mass is 32.2. The van der Waals surface area contributed by atoms with Crippen molar-refractivity contribution >= 4 is 27.6 Å². The van der Waals surface area contributed by atoms with E-state index in [0.29, 0.717) is 5.56 Å². The molecule has 0 saturated heterocycles. The van der Waals surface area contributed by atoms with Crippen molar-refractivity contribution in [2.45, 2.75) is 4.90 Å². The second kappa shape index (κ2) is 9.12. The Balaban J connectivity index is 2.44. The Morgan fingerprint density at radius 2 is 1.70 bits per heavy atom. The number of nitrogen functional groups attached to an aromatic ring is 1. The molecule has 0 atom stereocenters. The predicted molar refractivity (Wildman–Crippen MR) is 121 cm³/mol. The molecule has 8 nitrogen and oxygen atoms in total. The van der Waals surface area contributed by atoms with Gasteiger partial charge in [-0.3, -0.25) is 4.79 Å². The van der Waals surface area contributed by atoms with Crippen LogP contribution in [0.4, 0.5) is 10.1 Å². The fourth-order valence-corrected chi connectivity index (χ4v) is 4.33. The lowest BCUT2D eigenvalue weighted by atomic mass is 9.92. The van der Waals surface area contributed by atoms with E-state index in [1.165, 1.54) is 18.2 Å². The zero-order valence-corrected chi connectivity index (χ0v) is 17.9. The number of carbonyl (C=O) groups excluding carboxylic acids is 2. The highest BCUT2D eigenvalue weighted by Crippen LogP contribution is 2.40. The number of benzene rings is 3. The fraction of sp³-hybridized carbons (Fsp3) is 0.0435. The molecule has 0 heterocycles. The molecule has 168 valence electrons. The Morgan fingerprint density at radius 3 is 2.27 bits per heavy atom. The third-order valence-electron chi connectivity index (χ3n) is 4.73. The van der Waals surface area contributed by atoms with Crippen LogP contribution in [-0.2, 0) is 14.8 Å². The van der Waals surface area contributed by atoms with E-state index >= 15 is 4.39 Å². The minimum atomic E-state index is -4.63. The summed E-state index contributed by atoms with van der Waals surface area (Å²) in [6.07, 6.45) is 5.06. The van der Waals surface area contributed by atoms with Crippen molar-refractivity contribution in [2.75, 3.05) is 12.3 Å². The average molecular weight is 467 g/mol. The third-order valence-corrected chi connectivity index (χ3v) is 5.72. The zero-order valence-electron chi connectivity index (χ0n) is 17.0. The van der Waals surface area contributed by atoms with Crippen molar-refractivity contribution in [1.82, 2.24) is 0 Å². The van der Waals surface area contributed by atoms with Crippen molar-refractivity contribution in [1.29, 1.82) is 0 Å². The van der Waals surface area contributed by atoms with Gasteiger partial charge in [0.15, 0.2) is 6.61 Å². The van der Waals surface area contributed by atoms with E-state index in [1.54, 1.807) is 30.3 Å². The quantitative estimate of drug-likeness (QED) is 0.287. The lowest BCUT2D eigenvalue weighted by molar-refractivity contribution is 0.0551. The van der Waals surface area contributed by atoms with E-state index in [1.807, 2.05) is 0 Å². The first-order valence-electron chi connectivity index (χ1n) is 9.31. The second-order valence-electron chi connectivity index (χ2n) is 6.81. The molecule has 0 unspecified atom stereocenters. The number of amides is 1. The second-order valence-corrected chi connectivity index (χ2v) is 8.31. The number of hydrogen-bond acceptors (Lipinski definition) is 6. The molecule has 0 fully saturated rings. The SMILES string of the molecule is C#CCOC(=O)c1cccc(-c2cc(-c3ccccc3)c(N)c(C(N)=O)c2S(N)(=O)=O)c1F. The Labute approximate surface area is 189 Å². The van der Waals surface area contributed by atoms with Gasteiger partial charge in [0.05, 0.1) is 16.8 Å². The molecule has 6 N–H and O–H groups in total. The summed E-state index contributed by atoms with van der Waals surface area (Å²) in [5, 5.41) is 5.38. The summed E-state index contributed by atoms with van der Waals surface area (Å²) in [6, 6.07) is 13.3. The molecule has 10 heteroatoms. The van der Waals surface area contributed by atoms with Gasteiger partial charge in [-0.25, -0.2) is 22.7 Å². The van der Waals surface area contributed by atoms with Crippen LogP contribution in [0.15, 0.2) is 59.5 Å². The molecule has 3 aromatic rings. The Kier molecular flexibility index (Phi) is 6.48. The minimum Gasteiger partial charge on any atom is -0.449 e. The molecule has 1 amide bonds. The van der Waals surface area contributed by atoms with E-state index < -0.39 is 50.3 Å². The Bertz CT molecular complexity index is 1410. The summed E-state index contributed by atoms with van der Waals surface area (Å²) in [7, 11) is -4.63. The van der Waals surface area contributed by atoms with E-state index in [9.17, 15) is 18.0 Å². The van der Waals surface area contributed by atoms with Gasteiger partial charge in [-0.05, 0) is 17.7 Å². The molecule has 0 aliphatic rings. The maximum absolute atomic E-state index is 15.4. The molecule has 0 saturated carbocycles. The van der Waals surface area contributed by atoms with E-state index in [0.717, 1.165) is 6.07 Å². The molecular weight excluding hydrogens is 449 g/mol. The Hall–Kier alpha value is -4.20. The lowest BCUT2D eigenvalue weighted by Gasteiger charge is -2.19. The number of primary amides is 1. The van der Waals surface area contributed by atoms with Crippen LogP contribution in [0.2, 0.25) is 0 Å². The standard InChI is InChI=1S/C23H18FN3O5S/c1-2-11-32-23(29)15-10-6-9-14(19(15)24)17-12-16(13-7-4-3-5-8-13)20(25)18(22(26)28)21(17)33(27,30)31/h1,3-10,12H,11,25H2,(H2,26,28)(H2,27,30,31). The first-order valence-corrected chi connectivity index (χ1v) is 10.9. The van der Waals surface area contributed by atoms with Crippen molar-refractivity contribution in [2.24, 2.45) is 10.9 Å². The summed E-state index contributed by atoms with van der Waals surface area (Å²) in [4.78, 5) is 23.7. The average Bonchev–Trinajstić information content (AvgIpc) is 2.77. The van der Waals surface area contributed by atoms with Gasteiger partial charge in [-0.1, -0.05) is 48.4 Å². The number of halogens is 1. The molecule has 0 spiro atoms. The molecule has 0 radical (unpaired) electrons. The number of terminal acetylenes is 1. The van der Waals surface area contributed by atoms with Crippen LogP contribution in [-0.4, -0.2) is 26.9 Å². The first kappa shape index (κ1) is 23.5. The summed E-state index contributed by atoms with van der Waals surface area (Å²) >= 11 is 0. The number of hydrogen-bond donors (Lipinski definition) is 3. The van der Waals surface area contributed by atoms with Gasteiger partial charge in [-0.2, -0.15) is 0 Å². The number of anilines is 1. The van der Waals surface area contributed by atoms with E-state index in [2.05, 4.69) is 5.92 Å². The fourth-order valence-electron chi connectivity index (χ4n) is 3.36. The van der Waals surface area contributed by atoms with Gasteiger partial charge in [0.25, 0.3) is 5.91 Å². The van der Waals surface area contributed by atoms with Crippen LogP contribution in [0.5, 0.6) is 0 Å². The van der Waals surface area contributed by atoms with Gasteiger partial charge in [0.2, 0.25) is 10.0 Å². The topological polar surface area (TPSA) is 156 Å². The van der Waals surface area contributed by atoms with Crippen molar-refractivity contribution in [3.63, 3.8) is 0 Å². The minimum absolute atomic E-state index is 0.214. The van der Waals surface area contributed by atoms with Crippen molar-refractivity contribution < 1.29 is 27.1 Å². The van der Waals surface area contributed by atoms with Crippen LogP contribution < -0.4 is 16.6 Å². The molecule has 3 rings (SSSR count). The highest BCUT2D eigenvalue weighted by molar-refractivity contribution is 7.89. The van der Waals surface area contributed by atoms with Crippen LogP contribution in [0.1, 0.15) is 20.7 Å². The smallest absolute Gasteiger partial charge is 0.342 e. The number of carbonyl (C=O) groups is 2. The molecule has 0 bridgehead atoms. The van der Waals surface area contributed by atoms with Gasteiger partial charge in [-0.15, -0.1) is 6.42 Å². The molecule has 0 aliphatic heterocycles. The van der Waals surface area contributed by atoms with Gasteiger partial charge in [0, 0.05) is 16.7 Å². The van der Waals surface area contributed by atoms with Gasteiger partial charge >= 0.3 is 5.97 Å². The number of rotatable bonds is 6. The number of ether oxygens (including phenoxy) is 1. The summed E-state index contributed by atoms with van der Waals surface area (Å²) in [5.74, 6) is -1.26. The number of esters is 1. The lowest BCUT2D eigenvalue weighted by Crippen LogP contribution is -2.24. The first-order chi connectivity index (χ1) is 15.6.